The molecule has 26 heavy (non-hydrogen) atoms. The average Bonchev–Trinajstić information content (AvgIpc) is 3.44. The summed E-state index contributed by atoms with van der Waals surface area (Å²) in [7, 11) is 0. The molecule has 8 heteroatoms. The van der Waals surface area contributed by atoms with Gasteiger partial charge in [0.2, 0.25) is 5.91 Å². The second kappa shape index (κ2) is 7.89. The minimum absolute atomic E-state index is 0.0840. The van der Waals surface area contributed by atoms with E-state index in [0.29, 0.717) is 10.7 Å². The van der Waals surface area contributed by atoms with Crippen LogP contribution >= 0.6 is 11.8 Å². The van der Waals surface area contributed by atoms with Crippen LogP contribution in [0, 0.1) is 11.3 Å². The van der Waals surface area contributed by atoms with Crippen LogP contribution in [0.15, 0.2) is 41.4 Å². The number of nitrogens with zero attached hydrogens (tertiary/aromatic N) is 1. The van der Waals surface area contributed by atoms with Gasteiger partial charge in [0.05, 0.1) is 5.75 Å². The molecule has 1 saturated carbocycles. The summed E-state index contributed by atoms with van der Waals surface area (Å²) in [6.07, 6.45) is 2.04. The molecule has 5 N–H and O–H groups in total. The van der Waals surface area contributed by atoms with Crippen LogP contribution in [0.25, 0.3) is 0 Å². The van der Waals surface area contributed by atoms with Crippen molar-refractivity contribution in [3.05, 3.63) is 47.5 Å². The molecule has 1 aromatic carbocycles. The summed E-state index contributed by atoms with van der Waals surface area (Å²) in [5.74, 6) is -0.178. The SMILES string of the molecule is N#Cc1cc(C(=O)Nc2ccccc2)c(N)[nH+]c1SCC(=O)NC1CC1. The van der Waals surface area contributed by atoms with Gasteiger partial charge in [0, 0.05) is 11.7 Å². The lowest BCUT2D eigenvalue weighted by Crippen LogP contribution is -2.28. The van der Waals surface area contributed by atoms with Crippen molar-refractivity contribution in [3.63, 3.8) is 0 Å². The van der Waals surface area contributed by atoms with Gasteiger partial charge in [-0.2, -0.15) is 5.26 Å². The van der Waals surface area contributed by atoms with E-state index in [9.17, 15) is 14.9 Å². The molecule has 0 atom stereocenters. The molecule has 1 aliphatic rings. The molecule has 0 saturated heterocycles. The number of H-pyrrole nitrogens is 1. The van der Waals surface area contributed by atoms with Crippen LogP contribution in [-0.2, 0) is 4.79 Å². The van der Waals surface area contributed by atoms with Crippen molar-refractivity contribution in [2.45, 2.75) is 23.9 Å². The number of aromatic amines is 1. The number of carbonyl (C=O) groups excluding carboxylic acids is 2. The largest absolute Gasteiger partial charge is 0.353 e. The van der Waals surface area contributed by atoms with Gasteiger partial charge >= 0.3 is 0 Å². The van der Waals surface area contributed by atoms with Gasteiger partial charge in [0.25, 0.3) is 11.7 Å². The van der Waals surface area contributed by atoms with E-state index < -0.39 is 5.91 Å². The minimum atomic E-state index is -0.413. The monoisotopic (exact) mass is 368 g/mol. The van der Waals surface area contributed by atoms with Gasteiger partial charge in [-0.3, -0.25) is 15.3 Å². The van der Waals surface area contributed by atoms with E-state index in [-0.39, 0.29) is 34.6 Å². The highest BCUT2D eigenvalue weighted by molar-refractivity contribution is 7.99. The third kappa shape index (κ3) is 4.52. The average molecular weight is 368 g/mol. The van der Waals surface area contributed by atoms with Crippen LogP contribution < -0.4 is 21.4 Å². The van der Waals surface area contributed by atoms with Gasteiger partial charge in [-0.15, -0.1) is 0 Å². The summed E-state index contributed by atoms with van der Waals surface area (Å²) >= 11 is 1.19. The number of amides is 2. The van der Waals surface area contributed by atoms with Crippen molar-refractivity contribution in [1.82, 2.24) is 5.32 Å². The molecule has 0 aliphatic heterocycles. The molecule has 2 aromatic rings. The molecule has 0 unspecified atom stereocenters. The van der Waals surface area contributed by atoms with E-state index in [0.717, 1.165) is 12.8 Å². The van der Waals surface area contributed by atoms with Gasteiger partial charge < -0.3 is 10.6 Å². The first-order valence-electron chi connectivity index (χ1n) is 8.11. The maximum Gasteiger partial charge on any atom is 0.284 e. The highest BCUT2D eigenvalue weighted by Crippen LogP contribution is 2.23. The second-order valence-electron chi connectivity index (χ2n) is 5.90. The Morgan fingerprint density at radius 1 is 1.31 bits per heavy atom. The Labute approximate surface area is 155 Å². The molecular formula is C18H18N5O2S+. The summed E-state index contributed by atoms with van der Waals surface area (Å²) in [4.78, 5) is 27.1. The lowest BCUT2D eigenvalue weighted by Gasteiger charge is -2.07. The molecule has 0 bridgehead atoms. The molecular weight excluding hydrogens is 350 g/mol. The maximum absolute atomic E-state index is 12.4. The van der Waals surface area contributed by atoms with E-state index in [2.05, 4.69) is 15.6 Å². The fourth-order valence-electron chi connectivity index (χ4n) is 2.28. The zero-order valence-electron chi connectivity index (χ0n) is 13.9. The van der Waals surface area contributed by atoms with Crippen LogP contribution in [0.5, 0.6) is 0 Å². The van der Waals surface area contributed by atoms with E-state index >= 15 is 0 Å². The Morgan fingerprint density at radius 3 is 2.69 bits per heavy atom. The quantitative estimate of drug-likeness (QED) is 0.668. The number of hydrogen-bond donors (Lipinski definition) is 3. The summed E-state index contributed by atoms with van der Waals surface area (Å²) in [5.41, 5.74) is 7.03. The number of nitrogens with one attached hydrogen (secondary N) is 3. The Bertz CT molecular complexity index is 875. The van der Waals surface area contributed by atoms with Crippen molar-refractivity contribution in [2.24, 2.45) is 0 Å². The van der Waals surface area contributed by atoms with Crippen LogP contribution in [0.4, 0.5) is 11.5 Å². The first-order valence-corrected chi connectivity index (χ1v) is 9.10. The van der Waals surface area contributed by atoms with Crippen molar-refractivity contribution in [2.75, 3.05) is 16.8 Å². The molecule has 2 amide bonds. The smallest absolute Gasteiger partial charge is 0.284 e. The lowest BCUT2D eigenvalue weighted by molar-refractivity contribution is -0.410. The van der Waals surface area contributed by atoms with E-state index in [4.69, 9.17) is 5.73 Å². The highest BCUT2D eigenvalue weighted by Gasteiger charge is 2.24. The van der Waals surface area contributed by atoms with E-state index in [1.807, 2.05) is 12.1 Å². The van der Waals surface area contributed by atoms with E-state index in [1.54, 1.807) is 24.3 Å². The first-order chi connectivity index (χ1) is 12.6. The number of hydrogen-bond acceptors (Lipinski definition) is 5. The van der Waals surface area contributed by atoms with Gasteiger partial charge in [0.1, 0.15) is 17.2 Å². The van der Waals surface area contributed by atoms with Gasteiger partial charge in [-0.1, -0.05) is 30.0 Å². The molecule has 3 rings (SSSR count). The Morgan fingerprint density at radius 2 is 2.04 bits per heavy atom. The number of carbonyl (C=O) groups is 2. The number of nitrogen functional groups attached to an aromatic ring is 1. The number of nitriles is 1. The number of para-hydroxylation sites is 1. The number of pyridine rings is 1. The van der Waals surface area contributed by atoms with Crippen molar-refractivity contribution >= 4 is 35.1 Å². The van der Waals surface area contributed by atoms with E-state index in [1.165, 1.54) is 17.8 Å². The van der Waals surface area contributed by atoms with Gasteiger partial charge in [0.15, 0.2) is 5.03 Å². The van der Waals surface area contributed by atoms with Crippen LogP contribution in [-0.4, -0.2) is 23.6 Å². The summed E-state index contributed by atoms with van der Waals surface area (Å²) in [6, 6.07) is 12.7. The Hall–Kier alpha value is -3.05. The predicted molar refractivity (Wildman–Crippen MR) is 98.4 cm³/mol. The summed E-state index contributed by atoms with van der Waals surface area (Å²) in [6.45, 7) is 0. The van der Waals surface area contributed by atoms with Gasteiger partial charge in [-0.25, -0.2) is 4.98 Å². The molecule has 0 spiro atoms. The molecule has 132 valence electrons. The number of nitrogens with two attached hydrogens (primary N) is 1. The Kier molecular flexibility index (Phi) is 5.39. The van der Waals surface area contributed by atoms with Crippen molar-refractivity contribution in [1.29, 1.82) is 5.26 Å². The molecule has 1 heterocycles. The third-order valence-electron chi connectivity index (χ3n) is 3.76. The third-order valence-corrected chi connectivity index (χ3v) is 4.78. The Balaban J connectivity index is 1.72. The first kappa shape index (κ1) is 17.8. The fraction of sp³-hybridized carbons (Fsp3) is 0.222. The van der Waals surface area contributed by atoms with Crippen molar-refractivity contribution < 1.29 is 14.6 Å². The molecule has 0 radical (unpaired) electrons. The van der Waals surface area contributed by atoms with Crippen LogP contribution in [0.3, 0.4) is 0 Å². The lowest BCUT2D eigenvalue weighted by atomic mass is 10.2. The van der Waals surface area contributed by atoms with Crippen LogP contribution in [0.1, 0.15) is 28.8 Å². The standard InChI is InChI=1S/C18H17N5O2S/c19-9-11-8-14(17(25)22-12-4-2-1-3-5-12)16(20)23-18(11)26-10-15(24)21-13-6-7-13/h1-5,8,13H,6-7,10H2,(H2,20,23)(H,21,24)(H,22,25)/p+1. The zero-order valence-corrected chi connectivity index (χ0v) is 14.7. The number of thioether (sulfide) groups is 1. The second-order valence-corrected chi connectivity index (χ2v) is 6.89. The number of aromatic nitrogens is 1. The van der Waals surface area contributed by atoms with Crippen molar-refractivity contribution in [3.8, 4) is 6.07 Å². The molecule has 1 aliphatic carbocycles. The maximum atomic E-state index is 12.4. The molecule has 7 nitrogen and oxygen atoms in total. The minimum Gasteiger partial charge on any atom is -0.353 e. The number of benzene rings is 1. The molecule has 1 aromatic heterocycles. The van der Waals surface area contributed by atoms with Gasteiger partial charge in [-0.05, 0) is 31.0 Å². The topological polar surface area (TPSA) is 122 Å². The normalized spacial score (nSPS) is 12.9. The summed E-state index contributed by atoms with van der Waals surface area (Å²) in [5, 5.41) is 15.4. The summed E-state index contributed by atoms with van der Waals surface area (Å²) < 4.78 is 0. The number of anilines is 2. The zero-order chi connectivity index (χ0) is 18.5. The predicted octanol–water partition coefficient (Wildman–Crippen LogP) is 1.58. The number of rotatable bonds is 6. The van der Waals surface area contributed by atoms with Crippen LogP contribution in [0.2, 0.25) is 0 Å². The fourth-order valence-corrected chi connectivity index (χ4v) is 3.08. The highest BCUT2D eigenvalue weighted by atomic mass is 32.2. The molecule has 1 fully saturated rings.